The smallest absolute Gasteiger partial charge is 0.387 e. The number of carbonyl (C=O) groups excluding carboxylic acids is 1. The highest BCUT2D eigenvalue weighted by atomic mass is 19.3. The minimum Gasteiger partial charge on any atom is -0.480 e. The lowest BCUT2D eigenvalue weighted by atomic mass is 9.89. The normalized spacial score (nSPS) is 17.3. The van der Waals surface area contributed by atoms with Crippen LogP contribution in [-0.4, -0.2) is 12.4 Å². The number of rotatable bonds is 4. The van der Waals surface area contributed by atoms with Gasteiger partial charge in [0, 0.05) is 11.1 Å². The summed E-state index contributed by atoms with van der Waals surface area (Å²) in [4.78, 5) is 13.2. The van der Waals surface area contributed by atoms with Crippen molar-refractivity contribution in [1.29, 1.82) is 0 Å². The maximum atomic E-state index is 13.2. The van der Waals surface area contributed by atoms with Crippen LogP contribution in [0, 0.1) is 0 Å². The Hall–Kier alpha value is -3.47. The third-order valence-electron chi connectivity index (χ3n) is 4.47. The third kappa shape index (κ3) is 3.51. The molecule has 4 rings (SSSR count). The highest BCUT2D eigenvalue weighted by molar-refractivity contribution is 6.14. The molecule has 0 fully saturated rings. The van der Waals surface area contributed by atoms with Gasteiger partial charge in [-0.3, -0.25) is 4.79 Å². The van der Waals surface area contributed by atoms with Crippen molar-refractivity contribution in [2.45, 2.75) is 12.7 Å². The fraction of sp³-hybridized carbons (Fsp3) is 0.0870. The van der Waals surface area contributed by atoms with Gasteiger partial charge in [-0.05, 0) is 29.8 Å². The Morgan fingerprint density at radius 3 is 2.36 bits per heavy atom. The molecule has 5 heteroatoms. The molecule has 1 atom stereocenters. The van der Waals surface area contributed by atoms with Gasteiger partial charge in [-0.15, -0.1) is 0 Å². The first-order valence-corrected chi connectivity index (χ1v) is 8.74. The van der Waals surface area contributed by atoms with E-state index in [4.69, 9.17) is 4.74 Å². The summed E-state index contributed by atoms with van der Waals surface area (Å²) >= 11 is 0. The van der Waals surface area contributed by atoms with Crippen LogP contribution < -0.4 is 9.47 Å². The zero-order valence-corrected chi connectivity index (χ0v) is 14.7. The summed E-state index contributed by atoms with van der Waals surface area (Å²) in [6.45, 7) is -2.96. The maximum Gasteiger partial charge on any atom is 0.387 e. The lowest BCUT2D eigenvalue weighted by Gasteiger charge is -2.28. The number of halogens is 2. The first-order chi connectivity index (χ1) is 13.6. The topological polar surface area (TPSA) is 35.5 Å². The lowest BCUT2D eigenvalue weighted by molar-refractivity contribution is -0.0499. The summed E-state index contributed by atoms with van der Waals surface area (Å²) in [5.41, 5.74) is 1.97. The van der Waals surface area contributed by atoms with Gasteiger partial charge in [-0.2, -0.15) is 8.78 Å². The van der Waals surface area contributed by atoms with E-state index < -0.39 is 12.7 Å². The van der Waals surface area contributed by atoms with E-state index in [1.165, 1.54) is 6.07 Å². The molecule has 3 nitrogen and oxygen atoms in total. The maximum absolute atomic E-state index is 13.2. The molecule has 1 aliphatic rings. The molecule has 0 saturated heterocycles. The second-order valence-corrected chi connectivity index (χ2v) is 6.25. The number of para-hydroxylation sites is 2. The Morgan fingerprint density at radius 2 is 1.57 bits per heavy atom. The number of fused-ring (bicyclic) bond motifs is 1. The molecule has 0 spiro atoms. The Balaban J connectivity index is 1.85. The molecule has 0 aromatic heterocycles. The van der Waals surface area contributed by atoms with Crippen LogP contribution >= 0.6 is 0 Å². The zero-order chi connectivity index (χ0) is 19.5. The SMILES string of the molecule is O=C1/C(=C\c2ccccc2OC(F)F)[C@H](c2ccccc2)Oc2ccccc21. The summed E-state index contributed by atoms with van der Waals surface area (Å²) < 4.78 is 36.2. The predicted octanol–water partition coefficient (Wildman–Crippen LogP) is 5.69. The number of ketones is 1. The van der Waals surface area contributed by atoms with Crippen molar-refractivity contribution in [1.82, 2.24) is 0 Å². The summed E-state index contributed by atoms with van der Waals surface area (Å²) in [5, 5.41) is 0. The van der Waals surface area contributed by atoms with Crippen molar-refractivity contribution in [3.8, 4) is 11.5 Å². The highest BCUT2D eigenvalue weighted by Crippen LogP contribution is 2.39. The van der Waals surface area contributed by atoms with Gasteiger partial charge in [0.1, 0.15) is 11.5 Å². The van der Waals surface area contributed by atoms with Crippen LogP contribution in [0.15, 0.2) is 84.4 Å². The van der Waals surface area contributed by atoms with E-state index in [1.807, 2.05) is 30.3 Å². The number of hydrogen-bond acceptors (Lipinski definition) is 3. The van der Waals surface area contributed by atoms with Crippen molar-refractivity contribution in [3.05, 3.63) is 101 Å². The number of carbonyl (C=O) groups is 1. The van der Waals surface area contributed by atoms with Crippen molar-refractivity contribution < 1.29 is 23.0 Å². The minimum absolute atomic E-state index is 0.00321. The molecule has 0 radical (unpaired) electrons. The van der Waals surface area contributed by atoms with E-state index >= 15 is 0 Å². The van der Waals surface area contributed by atoms with E-state index in [-0.39, 0.29) is 11.5 Å². The average Bonchev–Trinajstić information content (AvgIpc) is 2.71. The first kappa shape index (κ1) is 17.9. The summed E-state index contributed by atoms with van der Waals surface area (Å²) in [5.74, 6) is 0.293. The number of Topliss-reactive ketones (excluding diaryl/α,β-unsaturated/α-hetero) is 1. The molecule has 28 heavy (non-hydrogen) atoms. The molecule has 1 heterocycles. The van der Waals surface area contributed by atoms with Crippen LogP contribution in [0.25, 0.3) is 6.08 Å². The molecule has 3 aromatic rings. The number of benzene rings is 3. The fourth-order valence-electron chi connectivity index (χ4n) is 3.21. The molecule has 3 aromatic carbocycles. The average molecular weight is 378 g/mol. The highest BCUT2D eigenvalue weighted by Gasteiger charge is 2.33. The van der Waals surface area contributed by atoms with Crippen molar-refractivity contribution in [3.63, 3.8) is 0 Å². The summed E-state index contributed by atoms with van der Waals surface area (Å²) in [6, 6.07) is 22.7. The van der Waals surface area contributed by atoms with E-state index in [0.717, 1.165) is 5.56 Å². The van der Waals surface area contributed by atoms with Crippen LogP contribution in [0.5, 0.6) is 11.5 Å². The van der Waals surface area contributed by atoms with Crippen molar-refractivity contribution >= 4 is 11.9 Å². The van der Waals surface area contributed by atoms with Crippen molar-refractivity contribution in [2.75, 3.05) is 0 Å². The largest absolute Gasteiger partial charge is 0.480 e. The summed E-state index contributed by atoms with van der Waals surface area (Å²) in [7, 11) is 0. The molecule has 1 aliphatic heterocycles. The number of alkyl halides is 2. The van der Waals surface area contributed by atoms with Gasteiger partial charge in [0.05, 0.1) is 5.56 Å². The number of hydrogen-bond donors (Lipinski definition) is 0. The van der Waals surface area contributed by atoms with Gasteiger partial charge in [0.25, 0.3) is 0 Å². The molecule has 0 bridgehead atoms. The van der Waals surface area contributed by atoms with Gasteiger partial charge in [-0.25, -0.2) is 0 Å². The molecule has 140 valence electrons. The second kappa shape index (κ2) is 7.64. The summed E-state index contributed by atoms with van der Waals surface area (Å²) in [6.07, 6.45) is 0.913. The van der Waals surface area contributed by atoms with Crippen LogP contribution in [-0.2, 0) is 0 Å². The van der Waals surface area contributed by atoms with E-state index in [9.17, 15) is 13.6 Å². The second-order valence-electron chi connectivity index (χ2n) is 6.25. The quantitative estimate of drug-likeness (QED) is 0.547. The Morgan fingerprint density at radius 1 is 0.893 bits per heavy atom. The van der Waals surface area contributed by atoms with Gasteiger partial charge in [0.2, 0.25) is 0 Å². The lowest BCUT2D eigenvalue weighted by Crippen LogP contribution is -2.23. The van der Waals surface area contributed by atoms with Gasteiger partial charge in [0.15, 0.2) is 11.9 Å². The third-order valence-corrected chi connectivity index (χ3v) is 4.47. The minimum atomic E-state index is -2.96. The molecule has 0 N–H and O–H groups in total. The molecular weight excluding hydrogens is 362 g/mol. The first-order valence-electron chi connectivity index (χ1n) is 8.74. The van der Waals surface area contributed by atoms with Crippen LogP contribution in [0.3, 0.4) is 0 Å². The van der Waals surface area contributed by atoms with E-state index in [2.05, 4.69) is 4.74 Å². The molecule has 0 aliphatic carbocycles. The Labute approximate surface area is 160 Å². The van der Waals surface area contributed by atoms with Gasteiger partial charge in [-0.1, -0.05) is 60.7 Å². The zero-order valence-electron chi connectivity index (χ0n) is 14.7. The van der Waals surface area contributed by atoms with Gasteiger partial charge >= 0.3 is 6.61 Å². The Bertz CT molecular complexity index is 1030. The van der Waals surface area contributed by atoms with Crippen molar-refractivity contribution in [2.24, 2.45) is 0 Å². The molecule has 0 saturated carbocycles. The Kier molecular flexibility index (Phi) is 4.89. The van der Waals surface area contributed by atoms with E-state index in [0.29, 0.717) is 22.4 Å². The molecule has 0 amide bonds. The predicted molar refractivity (Wildman–Crippen MR) is 102 cm³/mol. The van der Waals surface area contributed by atoms with E-state index in [1.54, 1.807) is 48.5 Å². The molecule has 0 unspecified atom stereocenters. The van der Waals surface area contributed by atoms with Crippen LogP contribution in [0.2, 0.25) is 0 Å². The number of ether oxygens (including phenoxy) is 2. The monoisotopic (exact) mass is 378 g/mol. The fourth-order valence-corrected chi connectivity index (χ4v) is 3.21. The van der Waals surface area contributed by atoms with Gasteiger partial charge < -0.3 is 9.47 Å². The molecular formula is C23H16F2O3. The van der Waals surface area contributed by atoms with Crippen LogP contribution in [0.4, 0.5) is 8.78 Å². The van der Waals surface area contributed by atoms with Crippen LogP contribution in [0.1, 0.15) is 27.6 Å². The standard InChI is InChI=1S/C23H16F2O3/c24-23(25)28-19-12-6-4-10-16(19)14-18-21(26)17-11-5-7-13-20(17)27-22(18)15-8-2-1-3-9-15/h1-14,22-23H/b18-14+/t22-/m0/s1.